The van der Waals surface area contributed by atoms with Gasteiger partial charge in [0, 0.05) is 6.61 Å². The van der Waals surface area contributed by atoms with Crippen molar-refractivity contribution in [3.63, 3.8) is 0 Å². The van der Waals surface area contributed by atoms with Crippen LogP contribution in [-0.4, -0.2) is 30.8 Å². The van der Waals surface area contributed by atoms with Crippen LogP contribution in [0.5, 0.6) is 0 Å². The number of halogens is 2. The molecule has 1 atom stereocenters. The van der Waals surface area contributed by atoms with Gasteiger partial charge in [0.1, 0.15) is 6.61 Å². The van der Waals surface area contributed by atoms with E-state index in [0.717, 1.165) is 18.8 Å². The highest BCUT2D eigenvalue weighted by Crippen LogP contribution is 2.31. The van der Waals surface area contributed by atoms with Crippen molar-refractivity contribution in [3.05, 3.63) is 0 Å². The summed E-state index contributed by atoms with van der Waals surface area (Å²) < 4.78 is 28.3. The molecule has 1 N–H and O–H groups in total. The minimum absolute atomic E-state index is 0.234. The van der Waals surface area contributed by atoms with Crippen molar-refractivity contribution in [1.29, 1.82) is 0 Å². The lowest BCUT2D eigenvalue weighted by Crippen LogP contribution is -2.26. The highest BCUT2D eigenvalue weighted by Gasteiger charge is 2.24. The summed E-state index contributed by atoms with van der Waals surface area (Å²) in [5, 5.41) is 9.86. The highest BCUT2D eigenvalue weighted by molar-refractivity contribution is 4.75. The van der Waals surface area contributed by atoms with Gasteiger partial charge in [-0.1, -0.05) is 19.8 Å². The van der Waals surface area contributed by atoms with E-state index in [9.17, 15) is 13.9 Å². The van der Waals surface area contributed by atoms with Crippen molar-refractivity contribution >= 4 is 0 Å². The molecule has 0 amide bonds. The Hall–Kier alpha value is -0.220. The van der Waals surface area contributed by atoms with Crippen LogP contribution in [0.4, 0.5) is 8.78 Å². The molecule has 0 aliphatic heterocycles. The second kappa shape index (κ2) is 7.17. The van der Waals surface area contributed by atoms with E-state index < -0.39 is 13.0 Å². The normalized spacial score (nSPS) is 28.3. The van der Waals surface area contributed by atoms with Crippen LogP contribution in [0.25, 0.3) is 0 Å². The van der Waals surface area contributed by atoms with Crippen molar-refractivity contribution in [2.75, 3.05) is 13.2 Å². The van der Waals surface area contributed by atoms with Crippen LogP contribution in [0, 0.1) is 11.8 Å². The first-order valence-corrected chi connectivity index (χ1v) is 6.13. The molecule has 0 bridgehead atoms. The van der Waals surface area contributed by atoms with E-state index in [2.05, 4.69) is 6.92 Å². The summed E-state index contributed by atoms with van der Waals surface area (Å²) in [6.45, 7) is 1.94. The fraction of sp³-hybridized carbons (Fsp3) is 1.00. The van der Waals surface area contributed by atoms with E-state index in [-0.39, 0.29) is 12.7 Å². The Kier molecular flexibility index (Phi) is 6.21. The summed E-state index contributed by atoms with van der Waals surface area (Å²) in [5.41, 5.74) is 0. The first-order valence-electron chi connectivity index (χ1n) is 6.13. The van der Waals surface area contributed by atoms with Gasteiger partial charge in [0.15, 0.2) is 0 Å². The second-order valence-electron chi connectivity index (χ2n) is 4.84. The zero-order chi connectivity index (χ0) is 12.0. The van der Waals surface area contributed by atoms with Crippen LogP contribution in [0.2, 0.25) is 0 Å². The van der Waals surface area contributed by atoms with Gasteiger partial charge in [0.25, 0.3) is 6.43 Å². The maximum atomic E-state index is 11.8. The molecule has 0 spiro atoms. The van der Waals surface area contributed by atoms with Crippen LogP contribution in [0.3, 0.4) is 0 Å². The maximum absolute atomic E-state index is 11.8. The van der Waals surface area contributed by atoms with E-state index in [4.69, 9.17) is 4.74 Å². The molecule has 0 radical (unpaired) electrons. The summed E-state index contributed by atoms with van der Waals surface area (Å²) in [5.74, 6) is 1.10. The smallest absolute Gasteiger partial charge is 0.261 e. The first-order chi connectivity index (χ1) is 7.59. The predicted molar refractivity (Wildman–Crippen MR) is 58.6 cm³/mol. The summed E-state index contributed by atoms with van der Waals surface area (Å²) in [7, 11) is 0. The molecule has 1 saturated carbocycles. The number of aliphatic hydroxyl groups excluding tert-OH is 1. The second-order valence-corrected chi connectivity index (χ2v) is 4.84. The quantitative estimate of drug-likeness (QED) is 0.719. The summed E-state index contributed by atoms with van der Waals surface area (Å²) in [4.78, 5) is 0. The lowest BCUT2D eigenvalue weighted by Gasteiger charge is -2.29. The fourth-order valence-corrected chi connectivity index (χ4v) is 2.28. The van der Waals surface area contributed by atoms with E-state index in [0.29, 0.717) is 12.3 Å². The number of hydrogen-bond acceptors (Lipinski definition) is 2. The third kappa shape index (κ3) is 5.21. The van der Waals surface area contributed by atoms with E-state index in [1.807, 2.05) is 0 Å². The molecule has 1 rings (SSSR count). The van der Waals surface area contributed by atoms with Gasteiger partial charge in [-0.3, -0.25) is 0 Å². The molecule has 0 heterocycles. The molecule has 0 aromatic heterocycles. The van der Waals surface area contributed by atoms with Gasteiger partial charge in [-0.05, 0) is 31.1 Å². The average Bonchev–Trinajstić information content (AvgIpc) is 2.25. The SMILES string of the molecule is CC1CCC(C(O)CCOCC(F)F)CC1. The molecule has 1 unspecified atom stereocenters. The van der Waals surface area contributed by atoms with E-state index in [1.54, 1.807) is 0 Å². The number of hydrogen-bond donors (Lipinski definition) is 1. The Labute approximate surface area is 96.0 Å². The first kappa shape index (κ1) is 13.8. The molecule has 0 saturated heterocycles. The molecule has 0 aromatic rings. The number of ether oxygens (including phenoxy) is 1. The predicted octanol–water partition coefficient (Wildman–Crippen LogP) is 2.85. The van der Waals surface area contributed by atoms with Crippen molar-refractivity contribution in [3.8, 4) is 0 Å². The van der Waals surface area contributed by atoms with Gasteiger partial charge < -0.3 is 9.84 Å². The minimum Gasteiger partial charge on any atom is -0.393 e. The van der Waals surface area contributed by atoms with Crippen LogP contribution < -0.4 is 0 Å². The zero-order valence-electron chi connectivity index (χ0n) is 9.87. The number of rotatable bonds is 6. The Morgan fingerprint density at radius 3 is 2.44 bits per heavy atom. The van der Waals surface area contributed by atoms with E-state index >= 15 is 0 Å². The van der Waals surface area contributed by atoms with Crippen molar-refractivity contribution in [1.82, 2.24) is 0 Å². The molecular formula is C12H22F2O2. The Morgan fingerprint density at radius 1 is 1.25 bits per heavy atom. The van der Waals surface area contributed by atoms with Crippen LogP contribution >= 0.6 is 0 Å². The topological polar surface area (TPSA) is 29.5 Å². The van der Waals surface area contributed by atoms with E-state index in [1.165, 1.54) is 12.8 Å². The van der Waals surface area contributed by atoms with Gasteiger partial charge in [-0.2, -0.15) is 0 Å². The highest BCUT2D eigenvalue weighted by atomic mass is 19.3. The van der Waals surface area contributed by atoms with Crippen molar-refractivity contribution in [2.45, 2.75) is 51.6 Å². The van der Waals surface area contributed by atoms with Gasteiger partial charge >= 0.3 is 0 Å². The Bertz CT molecular complexity index is 180. The largest absolute Gasteiger partial charge is 0.393 e. The molecular weight excluding hydrogens is 214 g/mol. The molecule has 1 aliphatic carbocycles. The Balaban J connectivity index is 2.08. The lowest BCUT2D eigenvalue weighted by atomic mass is 9.79. The fourth-order valence-electron chi connectivity index (χ4n) is 2.28. The molecule has 96 valence electrons. The average molecular weight is 236 g/mol. The molecule has 1 aliphatic rings. The standard InChI is InChI=1S/C12H22F2O2/c1-9-2-4-10(5-3-9)11(15)6-7-16-8-12(13)14/h9-12,15H,2-8H2,1H3. The zero-order valence-corrected chi connectivity index (χ0v) is 9.87. The molecule has 2 nitrogen and oxygen atoms in total. The molecule has 0 aromatic carbocycles. The van der Waals surface area contributed by atoms with Crippen molar-refractivity contribution < 1.29 is 18.6 Å². The van der Waals surface area contributed by atoms with Crippen LogP contribution in [0.1, 0.15) is 39.0 Å². The summed E-state index contributed by atoms with van der Waals surface area (Å²) in [6.07, 6.45) is 2.12. The van der Waals surface area contributed by atoms with Gasteiger partial charge in [0.05, 0.1) is 6.10 Å². The monoisotopic (exact) mass is 236 g/mol. The van der Waals surface area contributed by atoms with Crippen LogP contribution in [-0.2, 0) is 4.74 Å². The van der Waals surface area contributed by atoms with Gasteiger partial charge in [0.2, 0.25) is 0 Å². The van der Waals surface area contributed by atoms with Crippen molar-refractivity contribution in [2.24, 2.45) is 11.8 Å². The van der Waals surface area contributed by atoms with Crippen LogP contribution in [0.15, 0.2) is 0 Å². The lowest BCUT2D eigenvalue weighted by molar-refractivity contribution is -0.00739. The number of aliphatic hydroxyl groups is 1. The maximum Gasteiger partial charge on any atom is 0.261 e. The summed E-state index contributed by atoms with van der Waals surface area (Å²) >= 11 is 0. The molecule has 1 fully saturated rings. The third-order valence-corrected chi connectivity index (χ3v) is 3.41. The number of alkyl halides is 2. The van der Waals surface area contributed by atoms with Gasteiger partial charge in [-0.15, -0.1) is 0 Å². The molecule has 16 heavy (non-hydrogen) atoms. The van der Waals surface area contributed by atoms with Gasteiger partial charge in [-0.25, -0.2) is 8.78 Å². The Morgan fingerprint density at radius 2 is 1.88 bits per heavy atom. The third-order valence-electron chi connectivity index (χ3n) is 3.41. The summed E-state index contributed by atoms with van der Waals surface area (Å²) in [6, 6.07) is 0. The molecule has 4 heteroatoms. The minimum atomic E-state index is -2.41.